The number of nitrogens with zero attached hydrogens (tertiary/aromatic N) is 4. The van der Waals surface area contributed by atoms with Gasteiger partial charge in [-0.1, -0.05) is 6.07 Å². The molecule has 4 heterocycles. The zero-order chi connectivity index (χ0) is 18.1. The second-order valence-electron chi connectivity index (χ2n) is 6.17. The van der Waals surface area contributed by atoms with Crippen molar-refractivity contribution in [2.45, 2.75) is 19.1 Å². The monoisotopic (exact) mass is 374 g/mol. The summed E-state index contributed by atoms with van der Waals surface area (Å²) < 4.78 is 36.4. The fourth-order valence-electron chi connectivity index (χ4n) is 3.04. The van der Waals surface area contributed by atoms with E-state index in [0.29, 0.717) is 41.9 Å². The van der Waals surface area contributed by atoms with E-state index in [1.807, 2.05) is 24.3 Å². The van der Waals surface area contributed by atoms with E-state index in [1.165, 1.54) is 0 Å². The van der Waals surface area contributed by atoms with Gasteiger partial charge in [-0.05, 0) is 30.7 Å². The predicted octanol–water partition coefficient (Wildman–Crippen LogP) is 2.11. The van der Waals surface area contributed by atoms with Gasteiger partial charge in [0, 0.05) is 13.3 Å². The molecule has 0 bridgehead atoms. The summed E-state index contributed by atoms with van der Waals surface area (Å²) in [5.74, 6) is 2.33. The van der Waals surface area contributed by atoms with Crippen LogP contribution in [0, 0.1) is 0 Å². The molecule has 1 fully saturated rings. The van der Waals surface area contributed by atoms with Gasteiger partial charge in [-0.25, -0.2) is 18.1 Å². The average molecular weight is 374 g/mol. The van der Waals surface area contributed by atoms with Crippen LogP contribution in [0.5, 0.6) is 0 Å². The molecule has 1 aliphatic rings. The van der Waals surface area contributed by atoms with Crippen molar-refractivity contribution >= 4 is 9.84 Å². The molecule has 0 unspecified atom stereocenters. The van der Waals surface area contributed by atoms with E-state index in [1.54, 1.807) is 24.1 Å². The van der Waals surface area contributed by atoms with Gasteiger partial charge in [-0.15, -0.1) is 5.10 Å². The van der Waals surface area contributed by atoms with Crippen LogP contribution in [0.1, 0.15) is 18.2 Å². The molecular formula is C17H18N4O4S. The number of rotatable bonds is 5. The van der Waals surface area contributed by atoms with Gasteiger partial charge in [-0.3, -0.25) is 4.98 Å². The summed E-state index contributed by atoms with van der Waals surface area (Å²) in [5, 5.41) is 4.55. The van der Waals surface area contributed by atoms with E-state index in [0.717, 1.165) is 0 Å². The van der Waals surface area contributed by atoms with Crippen LogP contribution in [0.2, 0.25) is 0 Å². The average Bonchev–Trinajstić information content (AvgIpc) is 3.33. The maximum absolute atomic E-state index is 11.9. The van der Waals surface area contributed by atoms with Crippen LogP contribution in [0.15, 0.2) is 40.9 Å². The lowest BCUT2D eigenvalue weighted by atomic mass is 10.2. The molecule has 1 atom stereocenters. The molecule has 1 saturated heterocycles. The second-order valence-corrected chi connectivity index (χ2v) is 8.40. The Kier molecular flexibility index (Phi) is 4.33. The summed E-state index contributed by atoms with van der Waals surface area (Å²) in [7, 11) is -1.47. The van der Waals surface area contributed by atoms with Gasteiger partial charge in [-0.2, -0.15) is 0 Å². The Morgan fingerprint density at radius 3 is 2.88 bits per heavy atom. The molecule has 3 aromatic rings. The van der Waals surface area contributed by atoms with E-state index in [4.69, 9.17) is 9.15 Å². The minimum absolute atomic E-state index is 0.0522. The third kappa shape index (κ3) is 3.27. The van der Waals surface area contributed by atoms with Crippen molar-refractivity contribution in [2.75, 3.05) is 18.6 Å². The zero-order valence-corrected chi connectivity index (χ0v) is 15.0. The highest BCUT2D eigenvalue weighted by molar-refractivity contribution is 7.91. The highest BCUT2D eigenvalue weighted by Crippen LogP contribution is 2.31. The Morgan fingerprint density at radius 1 is 1.31 bits per heavy atom. The van der Waals surface area contributed by atoms with Crippen molar-refractivity contribution in [3.8, 4) is 23.1 Å². The third-order valence-electron chi connectivity index (χ3n) is 4.25. The van der Waals surface area contributed by atoms with Gasteiger partial charge >= 0.3 is 0 Å². The van der Waals surface area contributed by atoms with Gasteiger partial charge in [0.15, 0.2) is 27.2 Å². The third-order valence-corrected chi connectivity index (χ3v) is 6.00. The highest BCUT2D eigenvalue weighted by atomic mass is 32.2. The van der Waals surface area contributed by atoms with E-state index in [9.17, 15) is 8.42 Å². The molecule has 0 aliphatic carbocycles. The first-order chi connectivity index (χ1) is 12.6. The summed E-state index contributed by atoms with van der Waals surface area (Å²) in [6, 6.07) is 8.81. The van der Waals surface area contributed by atoms with E-state index < -0.39 is 9.84 Å². The lowest BCUT2D eigenvalue weighted by molar-refractivity contribution is 0.165. The van der Waals surface area contributed by atoms with Crippen molar-refractivity contribution < 1.29 is 17.6 Å². The Bertz CT molecular complexity index is 1010. The fraction of sp³-hybridized carbons (Fsp3) is 0.353. The van der Waals surface area contributed by atoms with Crippen molar-refractivity contribution in [3.05, 3.63) is 42.3 Å². The molecule has 4 rings (SSSR count). The fourth-order valence-corrected chi connectivity index (χ4v) is 4.73. The maximum Gasteiger partial charge on any atom is 0.200 e. The smallest absolute Gasteiger partial charge is 0.200 e. The summed E-state index contributed by atoms with van der Waals surface area (Å²) in [5.41, 5.74) is 0.622. The minimum Gasteiger partial charge on any atom is -0.455 e. The van der Waals surface area contributed by atoms with Crippen molar-refractivity contribution in [3.63, 3.8) is 0 Å². The standard InChI is InChI=1S/C17H18N4O4S/c1-24-10-13-5-6-15(25-13)17-19-16(14-4-2-3-8-18-14)20-21(17)12-7-9-26(22,23)11-12/h2-6,8,12H,7,9-11H2,1H3/t12-/m1/s1. The van der Waals surface area contributed by atoms with Crippen LogP contribution in [0.25, 0.3) is 23.1 Å². The Balaban J connectivity index is 1.78. The number of ether oxygens (including phenoxy) is 1. The Labute approximate surface area is 150 Å². The summed E-state index contributed by atoms with van der Waals surface area (Å²) >= 11 is 0. The van der Waals surface area contributed by atoms with Crippen LogP contribution in [-0.2, 0) is 21.2 Å². The summed E-state index contributed by atoms with van der Waals surface area (Å²) in [6.45, 7) is 0.346. The van der Waals surface area contributed by atoms with Gasteiger partial charge in [0.25, 0.3) is 0 Å². The molecule has 0 N–H and O–H groups in total. The Morgan fingerprint density at radius 2 is 2.19 bits per heavy atom. The number of pyridine rings is 1. The predicted molar refractivity (Wildman–Crippen MR) is 94.0 cm³/mol. The molecule has 0 aromatic carbocycles. The number of furan rings is 1. The molecule has 0 saturated carbocycles. The van der Waals surface area contributed by atoms with Gasteiger partial charge in [0.2, 0.25) is 0 Å². The first-order valence-corrected chi connectivity index (χ1v) is 10.0. The van der Waals surface area contributed by atoms with Gasteiger partial charge in [0.05, 0.1) is 17.5 Å². The lowest BCUT2D eigenvalue weighted by Gasteiger charge is -2.10. The summed E-state index contributed by atoms with van der Waals surface area (Å²) in [4.78, 5) is 8.86. The lowest BCUT2D eigenvalue weighted by Crippen LogP contribution is -2.13. The quantitative estimate of drug-likeness (QED) is 0.674. The summed E-state index contributed by atoms with van der Waals surface area (Å²) in [6.07, 6.45) is 2.17. The number of hydrogen-bond donors (Lipinski definition) is 0. The SMILES string of the molecule is COCc1ccc(-c2nc(-c3ccccn3)nn2[C@@H]2CCS(=O)(=O)C2)o1. The number of methoxy groups -OCH3 is 1. The number of hydrogen-bond acceptors (Lipinski definition) is 7. The molecule has 3 aromatic heterocycles. The van der Waals surface area contributed by atoms with Crippen LogP contribution < -0.4 is 0 Å². The number of aromatic nitrogens is 4. The zero-order valence-electron chi connectivity index (χ0n) is 14.2. The normalized spacial score (nSPS) is 19.0. The first kappa shape index (κ1) is 16.9. The molecular weight excluding hydrogens is 356 g/mol. The topological polar surface area (TPSA) is 100 Å². The molecule has 1 aliphatic heterocycles. The second kappa shape index (κ2) is 6.65. The molecule has 0 amide bonds. The van der Waals surface area contributed by atoms with Crippen molar-refractivity contribution in [1.82, 2.24) is 19.7 Å². The van der Waals surface area contributed by atoms with Crippen LogP contribution in [-0.4, -0.2) is 46.8 Å². The number of sulfone groups is 1. The Hall–Kier alpha value is -2.52. The molecule has 9 heteroatoms. The van der Waals surface area contributed by atoms with Crippen molar-refractivity contribution in [2.24, 2.45) is 0 Å². The van der Waals surface area contributed by atoms with Gasteiger partial charge in [0.1, 0.15) is 18.1 Å². The van der Waals surface area contributed by atoms with Crippen LogP contribution in [0.4, 0.5) is 0 Å². The van der Waals surface area contributed by atoms with Gasteiger partial charge < -0.3 is 9.15 Å². The van der Waals surface area contributed by atoms with Crippen LogP contribution >= 0.6 is 0 Å². The molecule has 8 nitrogen and oxygen atoms in total. The van der Waals surface area contributed by atoms with E-state index in [-0.39, 0.29) is 17.5 Å². The van der Waals surface area contributed by atoms with E-state index >= 15 is 0 Å². The molecule has 0 spiro atoms. The largest absolute Gasteiger partial charge is 0.455 e. The minimum atomic E-state index is -3.06. The maximum atomic E-state index is 11.9. The highest BCUT2D eigenvalue weighted by Gasteiger charge is 2.33. The van der Waals surface area contributed by atoms with Crippen LogP contribution in [0.3, 0.4) is 0 Å². The first-order valence-electron chi connectivity index (χ1n) is 8.22. The van der Waals surface area contributed by atoms with Crippen molar-refractivity contribution in [1.29, 1.82) is 0 Å². The molecule has 26 heavy (non-hydrogen) atoms. The van der Waals surface area contributed by atoms with E-state index in [2.05, 4.69) is 15.1 Å². The molecule has 0 radical (unpaired) electrons. The molecule has 136 valence electrons.